The molecular weight excluding hydrogens is 318 g/mol. The highest BCUT2D eigenvalue weighted by Crippen LogP contribution is 2.11. The van der Waals surface area contributed by atoms with Crippen LogP contribution in [0.3, 0.4) is 0 Å². The molecule has 0 radical (unpaired) electrons. The quantitative estimate of drug-likeness (QED) is 0.722. The Bertz CT molecular complexity index is 872. The van der Waals surface area contributed by atoms with Gasteiger partial charge in [0, 0.05) is 63.2 Å². The molecular formula is C14H19N5O3S. The Balaban J connectivity index is 1.96. The average molecular weight is 337 g/mol. The van der Waals surface area contributed by atoms with Crippen molar-refractivity contribution in [3.05, 3.63) is 28.7 Å². The van der Waals surface area contributed by atoms with E-state index < -0.39 is 9.84 Å². The Labute approximate surface area is 134 Å². The predicted octanol–water partition coefficient (Wildman–Crippen LogP) is -0.900. The van der Waals surface area contributed by atoms with Gasteiger partial charge in [0.15, 0.2) is 0 Å². The minimum absolute atomic E-state index is 0.189. The van der Waals surface area contributed by atoms with Crippen LogP contribution < -0.4 is 10.9 Å². The average Bonchev–Trinajstić information content (AvgIpc) is 2.53. The second-order valence-corrected chi connectivity index (χ2v) is 7.53. The van der Waals surface area contributed by atoms with Crippen LogP contribution in [0, 0.1) is 0 Å². The Hall–Kier alpha value is -1.84. The van der Waals surface area contributed by atoms with Crippen LogP contribution in [0.2, 0.25) is 0 Å². The van der Waals surface area contributed by atoms with Crippen molar-refractivity contribution in [2.75, 3.05) is 39.0 Å². The molecule has 1 saturated heterocycles. The fraction of sp³-hybridized carbons (Fsp3) is 0.500. The van der Waals surface area contributed by atoms with Crippen molar-refractivity contribution in [1.29, 1.82) is 0 Å². The standard InChI is InChI=1S/C14H19N5O3S/c1-23(21,22)14-16-10-11-2-3-12(20)19(13(11)17-14)9-8-18-6-4-15-5-7-18/h2-3,10,15H,4-9H2,1H3. The molecule has 1 fully saturated rings. The lowest BCUT2D eigenvalue weighted by molar-refractivity contribution is 0.232. The largest absolute Gasteiger partial charge is 0.314 e. The number of aromatic nitrogens is 3. The molecule has 1 aliphatic rings. The third kappa shape index (κ3) is 3.57. The summed E-state index contributed by atoms with van der Waals surface area (Å²) in [7, 11) is -3.52. The van der Waals surface area contributed by atoms with Crippen LogP contribution in [0.25, 0.3) is 11.0 Å². The number of fused-ring (bicyclic) bond motifs is 1. The first-order valence-electron chi connectivity index (χ1n) is 7.45. The van der Waals surface area contributed by atoms with Gasteiger partial charge < -0.3 is 5.32 Å². The van der Waals surface area contributed by atoms with Crippen LogP contribution in [-0.4, -0.2) is 66.8 Å². The van der Waals surface area contributed by atoms with E-state index in [2.05, 4.69) is 20.2 Å². The highest BCUT2D eigenvalue weighted by Gasteiger charge is 2.15. The topological polar surface area (TPSA) is 97.2 Å². The molecule has 0 unspecified atom stereocenters. The molecule has 2 aromatic rings. The molecule has 0 atom stereocenters. The molecule has 1 aliphatic heterocycles. The predicted molar refractivity (Wildman–Crippen MR) is 86.2 cm³/mol. The third-order valence-electron chi connectivity index (χ3n) is 3.88. The van der Waals surface area contributed by atoms with Crippen LogP contribution in [0.5, 0.6) is 0 Å². The van der Waals surface area contributed by atoms with E-state index in [0.717, 1.165) is 39.0 Å². The zero-order valence-electron chi connectivity index (χ0n) is 12.9. The molecule has 8 nitrogen and oxygen atoms in total. The summed E-state index contributed by atoms with van der Waals surface area (Å²) < 4.78 is 24.8. The maximum absolute atomic E-state index is 12.2. The number of sulfone groups is 1. The van der Waals surface area contributed by atoms with Crippen LogP contribution >= 0.6 is 0 Å². The third-order valence-corrected chi connectivity index (χ3v) is 4.74. The highest BCUT2D eigenvalue weighted by atomic mass is 32.2. The highest BCUT2D eigenvalue weighted by molar-refractivity contribution is 7.90. The first-order valence-corrected chi connectivity index (χ1v) is 9.34. The number of hydrogen-bond donors (Lipinski definition) is 1. The van der Waals surface area contributed by atoms with Gasteiger partial charge in [0.1, 0.15) is 5.65 Å². The summed E-state index contributed by atoms with van der Waals surface area (Å²) in [5, 5.41) is 3.67. The summed E-state index contributed by atoms with van der Waals surface area (Å²) in [6.45, 7) is 4.93. The Morgan fingerprint density at radius 2 is 1.96 bits per heavy atom. The molecule has 3 heterocycles. The van der Waals surface area contributed by atoms with E-state index in [4.69, 9.17) is 0 Å². The number of hydrogen-bond acceptors (Lipinski definition) is 7. The van der Waals surface area contributed by atoms with Gasteiger partial charge in [-0.1, -0.05) is 0 Å². The number of piperazine rings is 1. The van der Waals surface area contributed by atoms with Crippen LogP contribution in [-0.2, 0) is 16.4 Å². The van der Waals surface area contributed by atoms with Gasteiger partial charge in [-0.25, -0.2) is 13.4 Å². The fourth-order valence-electron chi connectivity index (χ4n) is 2.63. The van der Waals surface area contributed by atoms with Crippen molar-refractivity contribution in [1.82, 2.24) is 24.8 Å². The van der Waals surface area contributed by atoms with E-state index >= 15 is 0 Å². The van der Waals surface area contributed by atoms with Crippen LogP contribution in [0.1, 0.15) is 0 Å². The zero-order chi connectivity index (χ0) is 16.4. The van der Waals surface area contributed by atoms with Gasteiger partial charge in [-0.15, -0.1) is 0 Å². The van der Waals surface area contributed by atoms with E-state index in [9.17, 15) is 13.2 Å². The second-order valence-electron chi connectivity index (χ2n) is 5.62. The van der Waals surface area contributed by atoms with Gasteiger partial charge in [-0.05, 0) is 6.07 Å². The van der Waals surface area contributed by atoms with Gasteiger partial charge in [0.25, 0.3) is 5.56 Å². The lowest BCUT2D eigenvalue weighted by Gasteiger charge is -2.27. The minimum atomic E-state index is -3.52. The molecule has 1 N–H and O–H groups in total. The van der Waals surface area contributed by atoms with Gasteiger partial charge >= 0.3 is 0 Å². The first-order chi connectivity index (χ1) is 10.9. The Kier molecular flexibility index (Phi) is 4.42. The zero-order valence-corrected chi connectivity index (χ0v) is 13.7. The molecule has 3 rings (SSSR count). The van der Waals surface area contributed by atoms with Crippen LogP contribution in [0.15, 0.2) is 28.3 Å². The molecule has 0 bridgehead atoms. The summed E-state index contributed by atoms with van der Waals surface area (Å²) >= 11 is 0. The van der Waals surface area contributed by atoms with Crippen molar-refractivity contribution in [2.45, 2.75) is 11.7 Å². The molecule has 2 aromatic heterocycles. The maximum Gasteiger partial charge on any atom is 0.252 e. The van der Waals surface area contributed by atoms with Gasteiger partial charge in [0.2, 0.25) is 15.0 Å². The minimum Gasteiger partial charge on any atom is -0.314 e. The smallest absolute Gasteiger partial charge is 0.252 e. The van der Waals surface area contributed by atoms with Crippen LogP contribution in [0.4, 0.5) is 0 Å². The summed E-state index contributed by atoms with van der Waals surface area (Å²) in [4.78, 5) is 22.4. The molecule has 23 heavy (non-hydrogen) atoms. The van der Waals surface area contributed by atoms with Gasteiger partial charge in [-0.3, -0.25) is 14.3 Å². The molecule has 0 saturated carbocycles. The van der Waals surface area contributed by atoms with Crippen molar-refractivity contribution in [3.8, 4) is 0 Å². The molecule has 0 amide bonds. The van der Waals surface area contributed by atoms with Crippen molar-refractivity contribution >= 4 is 20.9 Å². The summed E-state index contributed by atoms with van der Waals surface area (Å²) in [5.74, 6) is 0. The summed E-state index contributed by atoms with van der Waals surface area (Å²) in [6, 6.07) is 3.08. The lowest BCUT2D eigenvalue weighted by atomic mass is 10.3. The van der Waals surface area contributed by atoms with Crippen molar-refractivity contribution in [3.63, 3.8) is 0 Å². The van der Waals surface area contributed by atoms with Gasteiger partial charge in [-0.2, -0.15) is 4.98 Å². The monoisotopic (exact) mass is 337 g/mol. The van der Waals surface area contributed by atoms with E-state index in [-0.39, 0.29) is 10.7 Å². The second kappa shape index (κ2) is 6.34. The Morgan fingerprint density at radius 3 is 2.65 bits per heavy atom. The summed E-state index contributed by atoms with van der Waals surface area (Å²) in [5.41, 5.74) is 0.175. The molecule has 124 valence electrons. The molecule has 0 aliphatic carbocycles. The molecule has 9 heteroatoms. The SMILES string of the molecule is CS(=O)(=O)c1ncc2ccc(=O)n(CCN3CCNCC3)c2n1. The number of pyridine rings is 1. The van der Waals surface area contributed by atoms with E-state index in [1.165, 1.54) is 16.8 Å². The van der Waals surface area contributed by atoms with E-state index in [0.29, 0.717) is 17.6 Å². The summed E-state index contributed by atoms with van der Waals surface area (Å²) in [6.07, 6.45) is 2.50. The lowest BCUT2D eigenvalue weighted by Crippen LogP contribution is -2.45. The fourth-order valence-corrected chi connectivity index (χ4v) is 3.12. The van der Waals surface area contributed by atoms with E-state index in [1.54, 1.807) is 6.07 Å². The molecule has 0 spiro atoms. The van der Waals surface area contributed by atoms with Crippen molar-refractivity contribution in [2.24, 2.45) is 0 Å². The Morgan fingerprint density at radius 1 is 1.22 bits per heavy atom. The van der Waals surface area contributed by atoms with Crippen molar-refractivity contribution < 1.29 is 8.42 Å². The van der Waals surface area contributed by atoms with Gasteiger partial charge in [0.05, 0.1) is 0 Å². The maximum atomic E-state index is 12.2. The molecule has 0 aromatic carbocycles. The first kappa shape index (κ1) is 16.0. The number of nitrogens with one attached hydrogen (secondary N) is 1. The van der Waals surface area contributed by atoms with E-state index in [1.807, 2.05) is 0 Å². The number of nitrogens with zero attached hydrogens (tertiary/aromatic N) is 4. The normalized spacial score (nSPS) is 16.7. The number of rotatable bonds is 4.